The Morgan fingerprint density at radius 2 is 1.68 bits per heavy atom. The van der Waals surface area contributed by atoms with Crippen molar-refractivity contribution in [3.8, 4) is 5.75 Å². The molecule has 5 nitrogen and oxygen atoms in total. The summed E-state index contributed by atoms with van der Waals surface area (Å²) >= 11 is 0. The zero-order valence-electron chi connectivity index (χ0n) is 14.9. The number of methoxy groups -OCH3 is 1. The Bertz CT molecular complexity index is 857. The molecule has 0 bridgehead atoms. The number of anilines is 1. The lowest BCUT2D eigenvalue weighted by Gasteiger charge is -2.35. The largest absolute Gasteiger partial charge is 0.497 e. The number of hydrogen-bond acceptors (Lipinski definition) is 4. The third-order valence-electron chi connectivity index (χ3n) is 4.61. The summed E-state index contributed by atoms with van der Waals surface area (Å²) in [6.07, 6.45) is 0. The van der Waals surface area contributed by atoms with Crippen molar-refractivity contribution in [1.82, 2.24) is 4.31 Å². The third kappa shape index (κ3) is 3.65. The first kappa shape index (κ1) is 17.8. The molecule has 0 saturated carbocycles. The number of rotatable bonds is 4. The molecule has 1 fully saturated rings. The molecule has 1 saturated heterocycles. The van der Waals surface area contributed by atoms with Crippen LogP contribution in [0.25, 0.3) is 0 Å². The molecule has 25 heavy (non-hydrogen) atoms. The highest BCUT2D eigenvalue weighted by atomic mass is 32.2. The van der Waals surface area contributed by atoms with Crippen molar-refractivity contribution in [2.45, 2.75) is 18.7 Å². The molecule has 1 heterocycles. The molecule has 1 aliphatic heterocycles. The van der Waals surface area contributed by atoms with Crippen molar-refractivity contribution in [2.24, 2.45) is 0 Å². The van der Waals surface area contributed by atoms with Crippen LogP contribution in [-0.4, -0.2) is 46.0 Å². The van der Waals surface area contributed by atoms with Gasteiger partial charge in [-0.1, -0.05) is 12.1 Å². The molecule has 0 atom stereocenters. The predicted octanol–water partition coefficient (Wildman–Crippen LogP) is 2.82. The normalized spacial score (nSPS) is 16.0. The van der Waals surface area contributed by atoms with E-state index in [0.717, 1.165) is 5.69 Å². The fourth-order valence-electron chi connectivity index (χ4n) is 3.19. The van der Waals surface area contributed by atoms with Crippen LogP contribution in [-0.2, 0) is 10.0 Å². The fraction of sp³-hybridized carbons (Fsp3) is 0.368. The number of sulfonamides is 1. The summed E-state index contributed by atoms with van der Waals surface area (Å²) < 4.78 is 32.7. The minimum absolute atomic E-state index is 0.359. The van der Waals surface area contributed by atoms with Crippen LogP contribution in [0, 0.1) is 13.8 Å². The molecule has 1 aliphatic rings. The van der Waals surface area contributed by atoms with Crippen LogP contribution >= 0.6 is 0 Å². The van der Waals surface area contributed by atoms with Crippen molar-refractivity contribution in [1.29, 1.82) is 0 Å². The zero-order valence-corrected chi connectivity index (χ0v) is 15.7. The monoisotopic (exact) mass is 360 g/mol. The third-order valence-corrected chi connectivity index (χ3v) is 6.66. The highest BCUT2D eigenvalue weighted by Gasteiger charge is 2.29. The summed E-state index contributed by atoms with van der Waals surface area (Å²) in [5.74, 6) is 0.667. The van der Waals surface area contributed by atoms with Gasteiger partial charge in [0.1, 0.15) is 5.75 Å². The van der Waals surface area contributed by atoms with Gasteiger partial charge in [0.15, 0.2) is 0 Å². The maximum atomic E-state index is 13.0. The molecule has 2 aromatic carbocycles. The molecule has 3 rings (SSSR count). The Morgan fingerprint density at radius 1 is 0.960 bits per heavy atom. The average Bonchev–Trinajstić information content (AvgIpc) is 2.61. The van der Waals surface area contributed by atoms with E-state index < -0.39 is 10.0 Å². The van der Waals surface area contributed by atoms with Crippen LogP contribution in [0.1, 0.15) is 11.1 Å². The molecule has 6 heteroatoms. The van der Waals surface area contributed by atoms with Gasteiger partial charge in [-0.25, -0.2) is 8.42 Å². The summed E-state index contributed by atoms with van der Waals surface area (Å²) in [4.78, 5) is 2.59. The molecule has 0 aliphatic carbocycles. The molecule has 0 aromatic heterocycles. The van der Waals surface area contributed by atoms with E-state index in [0.29, 0.717) is 42.4 Å². The van der Waals surface area contributed by atoms with E-state index in [2.05, 4.69) is 30.0 Å². The fourth-order valence-corrected chi connectivity index (χ4v) is 4.82. The van der Waals surface area contributed by atoms with Gasteiger partial charge in [-0.05, 0) is 55.3 Å². The highest BCUT2D eigenvalue weighted by Crippen LogP contribution is 2.26. The van der Waals surface area contributed by atoms with E-state index in [1.165, 1.54) is 5.56 Å². The lowest BCUT2D eigenvalue weighted by Crippen LogP contribution is -2.48. The first-order valence-electron chi connectivity index (χ1n) is 8.38. The van der Waals surface area contributed by atoms with Crippen LogP contribution in [0.15, 0.2) is 47.4 Å². The van der Waals surface area contributed by atoms with Gasteiger partial charge in [-0.2, -0.15) is 4.31 Å². The number of hydrogen-bond donors (Lipinski definition) is 0. The number of piperazine rings is 1. The average molecular weight is 360 g/mol. The topological polar surface area (TPSA) is 49.9 Å². The summed E-state index contributed by atoms with van der Waals surface area (Å²) in [7, 11) is -1.90. The van der Waals surface area contributed by atoms with Gasteiger partial charge in [-0.3, -0.25) is 0 Å². The van der Waals surface area contributed by atoms with Gasteiger partial charge in [0, 0.05) is 31.9 Å². The first-order chi connectivity index (χ1) is 11.9. The van der Waals surface area contributed by atoms with Crippen LogP contribution in [0.4, 0.5) is 5.69 Å². The smallest absolute Gasteiger partial charge is 0.243 e. The van der Waals surface area contributed by atoms with Gasteiger partial charge in [0.05, 0.1) is 12.0 Å². The van der Waals surface area contributed by atoms with E-state index >= 15 is 0 Å². The molecule has 2 aromatic rings. The summed E-state index contributed by atoms with van der Waals surface area (Å²) in [5.41, 5.74) is 3.07. The van der Waals surface area contributed by atoms with Crippen LogP contribution in [0.2, 0.25) is 0 Å². The number of ether oxygens (including phenoxy) is 1. The predicted molar refractivity (Wildman–Crippen MR) is 99.9 cm³/mol. The minimum Gasteiger partial charge on any atom is -0.497 e. The molecular weight excluding hydrogens is 336 g/mol. The second-order valence-corrected chi connectivity index (χ2v) is 8.27. The molecule has 134 valence electrons. The molecule has 0 radical (unpaired) electrons. The number of nitrogens with zero attached hydrogens (tertiary/aromatic N) is 2. The van der Waals surface area contributed by atoms with E-state index in [-0.39, 0.29) is 0 Å². The SMILES string of the molecule is COc1ccc(S(=O)(=O)N2CCN(c3cccc(C)c3)CC2)c(C)c1. The van der Waals surface area contributed by atoms with Gasteiger partial charge >= 0.3 is 0 Å². The van der Waals surface area contributed by atoms with E-state index in [1.54, 1.807) is 36.5 Å². The van der Waals surface area contributed by atoms with E-state index in [4.69, 9.17) is 4.74 Å². The zero-order chi connectivity index (χ0) is 18.0. The number of aryl methyl sites for hydroxylation is 2. The molecular formula is C19H24N2O3S. The standard InChI is InChI=1S/C19H24N2O3S/c1-15-5-4-6-17(13-15)20-9-11-21(12-10-20)25(22,23)19-8-7-18(24-3)14-16(19)2/h4-8,13-14H,9-12H2,1-3H3. The molecule has 0 spiro atoms. The maximum Gasteiger partial charge on any atom is 0.243 e. The molecule has 0 amide bonds. The van der Waals surface area contributed by atoms with Gasteiger partial charge in [0.25, 0.3) is 0 Å². The Hall–Kier alpha value is -2.05. The molecule has 0 N–H and O–H groups in total. The maximum absolute atomic E-state index is 13.0. The van der Waals surface area contributed by atoms with Crippen LogP contribution in [0.5, 0.6) is 5.75 Å². The van der Waals surface area contributed by atoms with Gasteiger partial charge < -0.3 is 9.64 Å². The summed E-state index contributed by atoms with van der Waals surface area (Å²) in [6, 6.07) is 13.4. The lowest BCUT2D eigenvalue weighted by molar-refractivity contribution is 0.384. The first-order valence-corrected chi connectivity index (χ1v) is 9.82. The van der Waals surface area contributed by atoms with Crippen molar-refractivity contribution in [3.63, 3.8) is 0 Å². The summed E-state index contributed by atoms with van der Waals surface area (Å²) in [5, 5.41) is 0. The summed E-state index contributed by atoms with van der Waals surface area (Å²) in [6.45, 7) is 6.23. The van der Waals surface area contributed by atoms with Crippen molar-refractivity contribution in [3.05, 3.63) is 53.6 Å². The van der Waals surface area contributed by atoms with Gasteiger partial charge in [-0.15, -0.1) is 0 Å². The lowest BCUT2D eigenvalue weighted by atomic mass is 10.2. The second-order valence-electron chi connectivity index (χ2n) is 6.36. The number of benzene rings is 2. The van der Waals surface area contributed by atoms with Crippen molar-refractivity contribution in [2.75, 3.05) is 38.2 Å². The minimum atomic E-state index is -3.48. The van der Waals surface area contributed by atoms with Crippen molar-refractivity contribution < 1.29 is 13.2 Å². The van der Waals surface area contributed by atoms with Crippen LogP contribution < -0.4 is 9.64 Å². The Labute approximate surface area is 149 Å². The van der Waals surface area contributed by atoms with E-state index in [1.807, 2.05) is 6.07 Å². The van der Waals surface area contributed by atoms with Crippen molar-refractivity contribution >= 4 is 15.7 Å². The Morgan fingerprint density at radius 3 is 2.28 bits per heavy atom. The molecule has 0 unspecified atom stereocenters. The Kier molecular flexibility index (Phi) is 5.01. The van der Waals surface area contributed by atoms with Gasteiger partial charge in [0.2, 0.25) is 10.0 Å². The quantitative estimate of drug-likeness (QED) is 0.841. The van der Waals surface area contributed by atoms with E-state index in [9.17, 15) is 8.42 Å². The highest BCUT2D eigenvalue weighted by molar-refractivity contribution is 7.89. The van der Waals surface area contributed by atoms with Crippen LogP contribution in [0.3, 0.4) is 0 Å². The Balaban J connectivity index is 1.75. The second kappa shape index (κ2) is 7.06.